The molecule has 0 spiro atoms. The molecule has 0 aliphatic rings. The topological polar surface area (TPSA) is 87.7 Å². The van der Waals surface area contributed by atoms with Crippen molar-refractivity contribution in [3.63, 3.8) is 0 Å². The number of allylic oxidation sites excluding steroid dienone is 10. The third-order valence-corrected chi connectivity index (χ3v) is 5.11. The van der Waals surface area contributed by atoms with Crippen LogP contribution in [0.15, 0.2) is 72.9 Å². The number of amides is 2. The zero-order chi connectivity index (χ0) is 27.4. The van der Waals surface area contributed by atoms with Gasteiger partial charge in [0, 0.05) is 44.8 Å². The molecule has 0 aliphatic heterocycles. The SMILES string of the molecule is CC/C=C\C/C=C\C/C=C\C/C=C\C/C=C\CCCC(=O)NCCN(C)CCNC(=O)/C=C/C(=O)OC. The zero-order valence-electron chi connectivity index (χ0n) is 23.0. The lowest BCUT2D eigenvalue weighted by Gasteiger charge is -2.16. The van der Waals surface area contributed by atoms with E-state index < -0.39 is 5.97 Å². The van der Waals surface area contributed by atoms with Crippen molar-refractivity contribution in [1.29, 1.82) is 0 Å². The highest BCUT2D eigenvalue weighted by molar-refractivity contribution is 5.94. The van der Waals surface area contributed by atoms with E-state index in [0.29, 0.717) is 32.6 Å². The molecule has 0 aliphatic carbocycles. The quantitative estimate of drug-likeness (QED) is 0.0996. The average molecular weight is 514 g/mol. The highest BCUT2D eigenvalue weighted by Gasteiger charge is 2.03. The molecular weight excluding hydrogens is 466 g/mol. The number of nitrogens with one attached hydrogen (secondary N) is 2. The van der Waals surface area contributed by atoms with Crippen LogP contribution in [0, 0.1) is 0 Å². The molecule has 37 heavy (non-hydrogen) atoms. The summed E-state index contributed by atoms with van der Waals surface area (Å²) in [6.45, 7) is 4.48. The Kier molecular flexibility index (Phi) is 23.7. The molecule has 0 heterocycles. The lowest BCUT2D eigenvalue weighted by Crippen LogP contribution is -2.37. The van der Waals surface area contributed by atoms with Crippen molar-refractivity contribution in [3.05, 3.63) is 72.9 Å². The lowest BCUT2D eigenvalue weighted by atomic mass is 10.2. The number of ether oxygens (including phenoxy) is 1. The summed E-state index contributed by atoms with van der Waals surface area (Å²) in [7, 11) is 3.18. The van der Waals surface area contributed by atoms with Crippen molar-refractivity contribution in [2.24, 2.45) is 0 Å². The number of hydrogen-bond acceptors (Lipinski definition) is 5. The van der Waals surface area contributed by atoms with Gasteiger partial charge in [-0.1, -0.05) is 67.7 Å². The Labute approximate surface area is 224 Å². The number of hydrogen-bond donors (Lipinski definition) is 2. The van der Waals surface area contributed by atoms with Gasteiger partial charge in [-0.05, 0) is 52.0 Å². The van der Waals surface area contributed by atoms with Gasteiger partial charge in [0.05, 0.1) is 7.11 Å². The summed E-state index contributed by atoms with van der Waals surface area (Å²) in [5, 5.41) is 5.61. The maximum Gasteiger partial charge on any atom is 0.330 e. The van der Waals surface area contributed by atoms with E-state index >= 15 is 0 Å². The second kappa shape index (κ2) is 25.9. The van der Waals surface area contributed by atoms with Gasteiger partial charge < -0.3 is 20.3 Å². The average Bonchev–Trinajstić information content (AvgIpc) is 2.89. The molecule has 0 aromatic rings. The van der Waals surface area contributed by atoms with Gasteiger partial charge in [-0.2, -0.15) is 0 Å². The smallest absolute Gasteiger partial charge is 0.330 e. The Balaban J connectivity index is 3.67. The first-order chi connectivity index (χ1) is 18.0. The van der Waals surface area contributed by atoms with E-state index in [1.165, 1.54) is 7.11 Å². The Bertz CT molecular complexity index is 795. The number of methoxy groups -OCH3 is 1. The number of carbonyl (C=O) groups is 3. The van der Waals surface area contributed by atoms with Crippen LogP contribution in [0.5, 0.6) is 0 Å². The van der Waals surface area contributed by atoms with E-state index in [1.807, 2.05) is 11.9 Å². The molecule has 2 amide bonds. The van der Waals surface area contributed by atoms with Crippen molar-refractivity contribution < 1.29 is 19.1 Å². The van der Waals surface area contributed by atoms with Crippen LogP contribution in [0.25, 0.3) is 0 Å². The number of rotatable bonds is 21. The van der Waals surface area contributed by atoms with Crippen LogP contribution >= 0.6 is 0 Å². The van der Waals surface area contributed by atoms with Gasteiger partial charge >= 0.3 is 5.97 Å². The van der Waals surface area contributed by atoms with Crippen LogP contribution in [-0.2, 0) is 19.1 Å². The third kappa shape index (κ3) is 25.7. The van der Waals surface area contributed by atoms with Crippen molar-refractivity contribution in [1.82, 2.24) is 15.5 Å². The van der Waals surface area contributed by atoms with Crippen LogP contribution in [-0.4, -0.2) is 63.0 Å². The first-order valence-corrected chi connectivity index (χ1v) is 13.2. The molecule has 0 unspecified atom stereocenters. The second-order valence-corrected chi connectivity index (χ2v) is 8.40. The monoisotopic (exact) mass is 513 g/mol. The fourth-order valence-electron chi connectivity index (χ4n) is 2.98. The van der Waals surface area contributed by atoms with Crippen LogP contribution in [0.1, 0.15) is 58.3 Å². The van der Waals surface area contributed by atoms with Crippen LogP contribution < -0.4 is 10.6 Å². The highest BCUT2D eigenvalue weighted by Crippen LogP contribution is 1.99. The molecule has 2 N–H and O–H groups in total. The maximum atomic E-state index is 12.0. The standard InChI is InChI=1S/C30H47N3O4/c1-4-5-6-7-8-9-10-11-12-13-14-15-16-17-18-19-20-21-28(34)31-24-26-33(2)27-25-32-29(35)22-23-30(36)37-3/h5-6,8-9,11-12,14-15,17-18,22-23H,4,7,10,13,16,19-21,24-27H2,1-3H3,(H,31,34)(H,32,35)/b6-5-,9-8-,12-11-,15-14-,18-17-,23-22+. The number of likely N-dealkylation sites (N-methyl/N-ethyl adjacent to an activating group) is 1. The van der Waals surface area contributed by atoms with Gasteiger partial charge in [-0.3, -0.25) is 9.59 Å². The minimum absolute atomic E-state index is 0.0574. The number of nitrogens with zero attached hydrogens (tertiary/aromatic N) is 1. The summed E-state index contributed by atoms with van der Waals surface area (Å²) < 4.78 is 4.43. The van der Waals surface area contributed by atoms with E-state index in [4.69, 9.17) is 0 Å². The van der Waals surface area contributed by atoms with Crippen molar-refractivity contribution in [2.45, 2.75) is 58.3 Å². The van der Waals surface area contributed by atoms with Gasteiger partial charge in [0.2, 0.25) is 11.8 Å². The molecule has 0 fully saturated rings. The van der Waals surface area contributed by atoms with E-state index in [9.17, 15) is 14.4 Å². The minimum Gasteiger partial charge on any atom is -0.466 e. The van der Waals surface area contributed by atoms with E-state index in [0.717, 1.165) is 57.1 Å². The fourth-order valence-corrected chi connectivity index (χ4v) is 2.98. The van der Waals surface area contributed by atoms with Gasteiger partial charge in [0.1, 0.15) is 0 Å². The molecule has 7 nitrogen and oxygen atoms in total. The number of unbranched alkanes of at least 4 members (excludes halogenated alkanes) is 1. The van der Waals surface area contributed by atoms with E-state index in [1.54, 1.807) is 0 Å². The van der Waals surface area contributed by atoms with E-state index in [-0.39, 0.29) is 11.8 Å². The second-order valence-electron chi connectivity index (χ2n) is 8.40. The normalized spacial score (nSPS) is 12.3. The Hall–Kier alpha value is -3.19. The van der Waals surface area contributed by atoms with Crippen molar-refractivity contribution in [2.75, 3.05) is 40.3 Å². The van der Waals surface area contributed by atoms with Crippen LogP contribution in [0.4, 0.5) is 0 Å². The largest absolute Gasteiger partial charge is 0.466 e. The lowest BCUT2D eigenvalue weighted by molar-refractivity contribution is -0.135. The predicted molar refractivity (Wildman–Crippen MR) is 153 cm³/mol. The molecule has 0 radical (unpaired) electrons. The fraction of sp³-hybridized carbons (Fsp3) is 0.500. The Morgan fingerprint density at radius 3 is 1.78 bits per heavy atom. The number of esters is 1. The first-order valence-electron chi connectivity index (χ1n) is 13.2. The molecular formula is C30H47N3O4. The van der Waals surface area contributed by atoms with E-state index in [2.05, 4.69) is 83.1 Å². The summed E-state index contributed by atoms with van der Waals surface area (Å²) in [4.78, 5) is 36.5. The predicted octanol–water partition coefficient (Wildman–Crippen LogP) is 4.80. The molecule has 0 saturated heterocycles. The van der Waals surface area contributed by atoms with Crippen molar-refractivity contribution >= 4 is 17.8 Å². The molecule has 0 aromatic heterocycles. The maximum absolute atomic E-state index is 12.0. The van der Waals surface area contributed by atoms with Gasteiger partial charge in [0.25, 0.3) is 0 Å². The summed E-state index contributed by atoms with van der Waals surface area (Å²) in [6, 6.07) is 0. The zero-order valence-corrected chi connectivity index (χ0v) is 23.0. The molecule has 0 bridgehead atoms. The molecule has 0 atom stereocenters. The molecule has 7 heteroatoms. The molecule has 0 rings (SSSR count). The highest BCUT2D eigenvalue weighted by atomic mass is 16.5. The molecule has 0 saturated carbocycles. The van der Waals surface area contributed by atoms with Crippen LogP contribution in [0.3, 0.4) is 0 Å². The summed E-state index contributed by atoms with van der Waals surface area (Å²) in [5.74, 6) is -0.859. The molecule has 206 valence electrons. The molecule has 0 aromatic carbocycles. The summed E-state index contributed by atoms with van der Waals surface area (Å²) >= 11 is 0. The Morgan fingerprint density at radius 1 is 0.730 bits per heavy atom. The van der Waals surface area contributed by atoms with Crippen LogP contribution in [0.2, 0.25) is 0 Å². The summed E-state index contributed by atoms with van der Waals surface area (Å²) in [6.07, 6.45) is 31.2. The Morgan fingerprint density at radius 2 is 1.24 bits per heavy atom. The minimum atomic E-state index is -0.569. The van der Waals surface area contributed by atoms with Gasteiger partial charge in [-0.15, -0.1) is 0 Å². The third-order valence-electron chi connectivity index (χ3n) is 5.11. The van der Waals surface area contributed by atoms with Gasteiger partial charge in [-0.25, -0.2) is 4.79 Å². The van der Waals surface area contributed by atoms with Crippen molar-refractivity contribution in [3.8, 4) is 0 Å². The number of carbonyl (C=O) groups excluding carboxylic acids is 3. The summed E-state index contributed by atoms with van der Waals surface area (Å²) in [5.41, 5.74) is 0. The van der Waals surface area contributed by atoms with Gasteiger partial charge in [0.15, 0.2) is 0 Å². The first kappa shape index (κ1) is 33.8.